The molecule has 0 heterocycles. The van der Waals surface area contributed by atoms with Crippen LogP contribution in [-0.4, -0.2) is 23.7 Å². The monoisotopic (exact) mass is 227 g/mol. The van der Waals surface area contributed by atoms with Gasteiger partial charge in [0.15, 0.2) is 0 Å². The van der Waals surface area contributed by atoms with Gasteiger partial charge in [-0.1, -0.05) is 26.2 Å². The van der Waals surface area contributed by atoms with Crippen molar-refractivity contribution in [1.29, 1.82) is 0 Å². The fraction of sp³-hybridized carbons (Fsp3) is 0.923. The predicted octanol–water partition coefficient (Wildman–Crippen LogP) is 2.66. The van der Waals surface area contributed by atoms with Gasteiger partial charge in [-0.3, -0.25) is 4.79 Å². The molecular weight excluding hydrogens is 202 g/mol. The molecule has 2 unspecified atom stereocenters. The van der Waals surface area contributed by atoms with Gasteiger partial charge < -0.3 is 10.4 Å². The molecule has 0 aliphatic heterocycles. The lowest BCUT2D eigenvalue weighted by molar-refractivity contribution is -0.146. The Kier molecular flexibility index (Phi) is 4.78. The molecule has 0 spiro atoms. The summed E-state index contributed by atoms with van der Waals surface area (Å²) in [6, 6.07) is 0.525. The Balaban J connectivity index is 2.35. The van der Waals surface area contributed by atoms with Crippen LogP contribution in [0.1, 0.15) is 52.9 Å². The van der Waals surface area contributed by atoms with Crippen molar-refractivity contribution in [3.63, 3.8) is 0 Å². The van der Waals surface area contributed by atoms with Gasteiger partial charge in [-0.25, -0.2) is 0 Å². The van der Waals surface area contributed by atoms with E-state index in [4.69, 9.17) is 5.11 Å². The summed E-state index contributed by atoms with van der Waals surface area (Å²) in [4.78, 5) is 11.0. The Labute approximate surface area is 98.6 Å². The highest BCUT2D eigenvalue weighted by Crippen LogP contribution is 2.27. The van der Waals surface area contributed by atoms with Crippen LogP contribution in [0.4, 0.5) is 0 Å². The molecular formula is C13H25NO2. The van der Waals surface area contributed by atoms with E-state index in [1.807, 2.05) is 0 Å². The Morgan fingerprint density at radius 2 is 2.12 bits per heavy atom. The first-order chi connectivity index (χ1) is 7.45. The van der Waals surface area contributed by atoms with Crippen LogP contribution in [-0.2, 0) is 4.79 Å². The highest BCUT2D eigenvalue weighted by Gasteiger charge is 2.29. The summed E-state index contributed by atoms with van der Waals surface area (Å²) in [5.41, 5.74) is -0.654. The zero-order valence-electron chi connectivity index (χ0n) is 10.8. The number of nitrogens with one attached hydrogen (secondary N) is 1. The molecule has 0 aromatic rings. The molecule has 3 nitrogen and oxygen atoms in total. The summed E-state index contributed by atoms with van der Waals surface area (Å²) in [5.74, 6) is 0.113. The maximum Gasteiger partial charge on any atom is 0.310 e. The first kappa shape index (κ1) is 13.5. The quantitative estimate of drug-likeness (QED) is 0.759. The van der Waals surface area contributed by atoms with Crippen LogP contribution in [0.15, 0.2) is 0 Å². The maximum atomic E-state index is 11.0. The van der Waals surface area contributed by atoms with Crippen LogP contribution in [0.3, 0.4) is 0 Å². The van der Waals surface area contributed by atoms with E-state index in [0.717, 1.165) is 5.92 Å². The van der Waals surface area contributed by atoms with Crippen LogP contribution >= 0.6 is 0 Å². The minimum Gasteiger partial charge on any atom is -0.481 e. The van der Waals surface area contributed by atoms with Crippen molar-refractivity contribution in [3.05, 3.63) is 0 Å². The Hall–Kier alpha value is -0.570. The molecule has 0 aromatic carbocycles. The molecule has 1 saturated carbocycles. The van der Waals surface area contributed by atoms with Gasteiger partial charge in [-0.15, -0.1) is 0 Å². The van der Waals surface area contributed by atoms with Gasteiger partial charge in [0.05, 0.1) is 5.41 Å². The van der Waals surface area contributed by atoms with Crippen molar-refractivity contribution in [1.82, 2.24) is 5.32 Å². The topological polar surface area (TPSA) is 49.3 Å². The molecule has 0 aromatic heterocycles. The molecule has 16 heavy (non-hydrogen) atoms. The maximum absolute atomic E-state index is 11.0. The van der Waals surface area contributed by atoms with Gasteiger partial charge in [-0.05, 0) is 32.6 Å². The third-order valence-corrected chi connectivity index (χ3v) is 3.77. The van der Waals surface area contributed by atoms with Gasteiger partial charge in [-0.2, -0.15) is 0 Å². The predicted molar refractivity (Wildman–Crippen MR) is 65.5 cm³/mol. The molecule has 1 aliphatic rings. The number of hydrogen-bond acceptors (Lipinski definition) is 2. The Bertz CT molecular complexity index is 238. The normalized spacial score (nSPS) is 26.7. The average Bonchev–Trinajstić information content (AvgIpc) is 2.26. The molecule has 2 N–H and O–H groups in total. The lowest BCUT2D eigenvalue weighted by Crippen LogP contribution is -2.42. The van der Waals surface area contributed by atoms with Crippen LogP contribution in [0.5, 0.6) is 0 Å². The van der Waals surface area contributed by atoms with E-state index in [9.17, 15) is 4.79 Å². The second-order valence-corrected chi connectivity index (χ2v) is 5.71. The second-order valence-electron chi connectivity index (χ2n) is 5.71. The van der Waals surface area contributed by atoms with Crippen molar-refractivity contribution in [2.24, 2.45) is 11.3 Å². The summed E-state index contributed by atoms with van der Waals surface area (Å²) in [7, 11) is 0. The third-order valence-electron chi connectivity index (χ3n) is 3.77. The lowest BCUT2D eigenvalue weighted by atomic mass is 9.83. The van der Waals surface area contributed by atoms with E-state index in [-0.39, 0.29) is 0 Å². The fourth-order valence-corrected chi connectivity index (χ4v) is 2.32. The number of rotatable bonds is 5. The van der Waals surface area contributed by atoms with Crippen molar-refractivity contribution in [3.8, 4) is 0 Å². The summed E-state index contributed by atoms with van der Waals surface area (Å²) in [6.07, 6.45) is 6.29. The van der Waals surface area contributed by atoms with Crippen LogP contribution < -0.4 is 5.32 Å². The van der Waals surface area contributed by atoms with E-state index in [2.05, 4.69) is 12.2 Å². The highest BCUT2D eigenvalue weighted by atomic mass is 16.4. The largest absolute Gasteiger partial charge is 0.481 e. The molecule has 1 rings (SSSR count). The van der Waals surface area contributed by atoms with Crippen molar-refractivity contribution in [2.75, 3.05) is 6.54 Å². The number of carbonyl (C=O) groups is 1. The SMILES string of the molecule is CCC1CCCC(NCC(C)(C)C(=O)O)C1. The van der Waals surface area contributed by atoms with Crippen LogP contribution in [0, 0.1) is 11.3 Å². The van der Waals surface area contributed by atoms with Crippen molar-refractivity contribution < 1.29 is 9.90 Å². The summed E-state index contributed by atoms with van der Waals surface area (Å²) >= 11 is 0. The second kappa shape index (κ2) is 5.67. The lowest BCUT2D eigenvalue weighted by Gasteiger charge is -2.31. The van der Waals surface area contributed by atoms with Crippen LogP contribution in [0.2, 0.25) is 0 Å². The minimum absolute atomic E-state index is 0.525. The molecule has 0 saturated heterocycles. The van der Waals surface area contributed by atoms with Crippen molar-refractivity contribution in [2.45, 2.75) is 58.9 Å². The van der Waals surface area contributed by atoms with Crippen molar-refractivity contribution >= 4 is 5.97 Å². The third kappa shape index (κ3) is 3.78. The molecule has 0 amide bonds. The summed E-state index contributed by atoms with van der Waals surface area (Å²) in [6.45, 7) is 6.38. The highest BCUT2D eigenvalue weighted by molar-refractivity contribution is 5.73. The van der Waals surface area contributed by atoms with E-state index >= 15 is 0 Å². The van der Waals surface area contributed by atoms with Gasteiger partial charge in [0.1, 0.15) is 0 Å². The summed E-state index contributed by atoms with van der Waals surface area (Å²) in [5, 5.41) is 12.5. The summed E-state index contributed by atoms with van der Waals surface area (Å²) < 4.78 is 0. The van der Waals surface area contributed by atoms with Crippen LogP contribution in [0.25, 0.3) is 0 Å². The number of hydrogen-bond donors (Lipinski definition) is 2. The first-order valence-corrected chi connectivity index (χ1v) is 6.42. The van der Waals surface area contributed by atoms with Gasteiger partial charge >= 0.3 is 5.97 Å². The molecule has 3 heteroatoms. The molecule has 0 bridgehead atoms. The molecule has 2 atom stereocenters. The number of carboxylic acid groups (broad SMARTS) is 1. The molecule has 1 aliphatic carbocycles. The average molecular weight is 227 g/mol. The molecule has 94 valence electrons. The van der Waals surface area contributed by atoms with E-state index < -0.39 is 11.4 Å². The number of aliphatic carboxylic acids is 1. The van der Waals surface area contributed by atoms with E-state index in [1.54, 1.807) is 13.8 Å². The Morgan fingerprint density at radius 3 is 2.69 bits per heavy atom. The zero-order chi connectivity index (χ0) is 12.2. The van der Waals surface area contributed by atoms with Gasteiger partial charge in [0.25, 0.3) is 0 Å². The van der Waals surface area contributed by atoms with E-state index in [0.29, 0.717) is 12.6 Å². The number of carboxylic acids is 1. The van der Waals surface area contributed by atoms with Gasteiger partial charge in [0, 0.05) is 12.6 Å². The van der Waals surface area contributed by atoms with Gasteiger partial charge in [0.2, 0.25) is 0 Å². The Morgan fingerprint density at radius 1 is 1.44 bits per heavy atom. The standard InChI is InChI=1S/C13H25NO2/c1-4-10-6-5-7-11(8-10)14-9-13(2,3)12(15)16/h10-11,14H,4-9H2,1-3H3,(H,15,16). The molecule has 1 fully saturated rings. The fourth-order valence-electron chi connectivity index (χ4n) is 2.32. The van der Waals surface area contributed by atoms with E-state index in [1.165, 1.54) is 32.1 Å². The molecule has 0 radical (unpaired) electrons. The first-order valence-electron chi connectivity index (χ1n) is 6.42. The zero-order valence-corrected chi connectivity index (χ0v) is 10.8. The smallest absolute Gasteiger partial charge is 0.310 e. The minimum atomic E-state index is -0.720.